The summed E-state index contributed by atoms with van der Waals surface area (Å²) in [5.41, 5.74) is 0. The second-order valence-electron chi connectivity index (χ2n) is 4.19. The van der Waals surface area contributed by atoms with Crippen molar-refractivity contribution in [2.24, 2.45) is 5.92 Å². The van der Waals surface area contributed by atoms with Crippen LogP contribution in [0, 0.1) is 5.92 Å². The Hall–Kier alpha value is -0.330. The van der Waals surface area contributed by atoms with Gasteiger partial charge in [0.1, 0.15) is 4.90 Å². The smallest absolute Gasteiger partial charge is 0.242 e. The molecule has 108 valence electrons. The number of hydrogen-bond acceptors (Lipinski definition) is 3. The fraction of sp³-hybridized carbons (Fsp3) is 0.500. The predicted molar refractivity (Wildman–Crippen MR) is 77.1 cm³/mol. The lowest BCUT2D eigenvalue weighted by atomic mass is 10.0. The van der Waals surface area contributed by atoms with Crippen LogP contribution in [0.5, 0.6) is 0 Å². The number of halogens is 2. The van der Waals surface area contributed by atoms with Crippen LogP contribution in [-0.2, 0) is 10.0 Å². The Balaban J connectivity index is 2.84. The van der Waals surface area contributed by atoms with Crippen molar-refractivity contribution in [1.82, 2.24) is 4.72 Å². The Bertz CT molecular complexity index is 520. The van der Waals surface area contributed by atoms with Gasteiger partial charge in [-0.05, 0) is 24.5 Å². The molecule has 0 amide bonds. The summed E-state index contributed by atoms with van der Waals surface area (Å²) in [6, 6.07) is 4.47. The Morgan fingerprint density at radius 1 is 1.37 bits per heavy atom. The van der Waals surface area contributed by atoms with Crippen molar-refractivity contribution in [3.8, 4) is 0 Å². The molecule has 1 rings (SSSR count). The highest BCUT2D eigenvalue weighted by atomic mass is 35.5. The van der Waals surface area contributed by atoms with Crippen molar-refractivity contribution in [3.63, 3.8) is 0 Å². The fourth-order valence-corrected chi connectivity index (χ4v) is 3.51. The van der Waals surface area contributed by atoms with Crippen LogP contribution in [0.3, 0.4) is 0 Å². The van der Waals surface area contributed by atoms with Gasteiger partial charge in [-0.2, -0.15) is 0 Å². The maximum absolute atomic E-state index is 12.1. The van der Waals surface area contributed by atoms with Crippen LogP contribution >= 0.6 is 23.2 Å². The van der Waals surface area contributed by atoms with Gasteiger partial charge < -0.3 is 5.11 Å². The quantitative estimate of drug-likeness (QED) is 0.809. The van der Waals surface area contributed by atoms with E-state index in [4.69, 9.17) is 28.3 Å². The van der Waals surface area contributed by atoms with E-state index < -0.39 is 10.0 Å². The molecule has 0 fully saturated rings. The van der Waals surface area contributed by atoms with Crippen molar-refractivity contribution in [1.29, 1.82) is 0 Å². The van der Waals surface area contributed by atoms with Crippen molar-refractivity contribution < 1.29 is 13.5 Å². The van der Waals surface area contributed by atoms with E-state index in [9.17, 15) is 8.42 Å². The minimum atomic E-state index is -3.68. The first-order chi connectivity index (χ1) is 8.92. The first-order valence-corrected chi connectivity index (χ1v) is 8.20. The highest BCUT2D eigenvalue weighted by Gasteiger charge is 2.20. The zero-order valence-corrected chi connectivity index (χ0v) is 12.9. The zero-order chi connectivity index (χ0) is 14.5. The van der Waals surface area contributed by atoms with Crippen LogP contribution in [0.25, 0.3) is 0 Å². The topological polar surface area (TPSA) is 66.4 Å². The summed E-state index contributed by atoms with van der Waals surface area (Å²) >= 11 is 11.7. The summed E-state index contributed by atoms with van der Waals surface area (Å²) in [5, 5.41) is 9.10. The zero-order valence-electron chi connectivity index (χ0n) is 10.6. The molecule has 1 aromatic rings. The molecule has 0 saturated heterocycles. The minimum absolute atomic E-state index is 0.0203. The molecule has 0 radical (unpaired) electrons. The molecular weight excluding hydrogens is 309 g/mol. The largest absolute Gasteiger partial charge is 0.396 e. The molecule has 0 spiro atoms. The van der Waals surface area contributed by atoms with E-state index in [1.807, 2.05) is 6.92 Å². The van der Waals surface area contributed by atoms with E-state index in [1.165, 1.54) is 18.2 Å². The third kappa shape index (κ3) is 4.61. The number of sulfonamides is 1. The molecule has 0 saturated carbocycles. The SMILES string of the molecule is CCC(CCO)CNS(=O)(=O)c1cccc(Cl)c1Cl. The molecule has 19 heavy (non-hydrogen) atoms. The predicted octanol–water partition coefficient (Wildman–Crippen LogP) is 2.68. The van der Waals surface area contributed by atoms with Gasteiger partial charge in [0.05, 0.1) is 10.0 Å². The molecule has 4 nitrogen and oxygen atoms in total. The minimum Gasteiger partial charge on any atom is -0.396 e. The van der Waals surface area contributed by atoms with Gasteiger partial charge in [-0.1, -0.05) is 42.6 Å². The highest BCUT2D eigenvalue weighted by molar-refractivity contribution is 7.89. The Morgan fingerprint density at radius 2 is 2.05 bits per heavy atom. The Morgan fingerprint density at radius 3 is 2.63 bits per heavy atom. The Labute approximate surface area is 123 Å². The van der Waals surface area contributed by atoms with E-state index in [2.05, 4.69) is 4.72 Å². The van der Waals surface area contributed by atoms with Gasteiger partial charge in [0, 0.05) is 13.2 Å². The van der Waals surface area contributed by atoms with Gasteiger partial charge in [0.25, 0.3) is 0 Å². The Kier molecular flexibility index (Phi) is 6.56. The third-order valence-electron chi connectivity index (χ3n) is 2.88. The first-order valence-electron chi connectivity index (χ1n) is 5.97. The van der Waals surface area contributed by atoms with Crippen LogP contribution in [0.15, 0.2) is 23.1 Å². The van der Waals surface area contributed by atoms with Crippen molar-refractivity contribution in [2.45, 2.75) is 24.7 Å². The lowest BCUT2D eigenvalue weighted by Crippen LogP contribution is -2.29. The normalized spacial score (nSPS) is 13.5. The van der Waals surface area contributed by atoms with Gasteiger partial charge in [-0.3, -0.25) is 0 Å². The molecule has 0 aliphatic rings. The molecule has 0 aromatic heterocycles. The average Bonchev–Trinajstić information content (AvgIpc) is 2.37. The van der Waals surface area contributed by atoms with Crippen molar-refractivity contribution in [2.75, 3.05) is 13.2 Å². The van der Waals surface area contributed by atoms with Crippen LogP contribution in [0.2, 0.25) is 10.0 Å². The molecule has 1 unspecified atom stereocenters. The standard InChI is InChI=1S/C12H17Cl2NO3S/c1-2-9(6-7-16)8-15-19(17,18)11-5-3-4-10(13)12(11)14/h3-5,9,15-16H,2,6-8H2,1H3. The van der Waals surface area contributed by atoms with E-state index >= 15 is 0 Å². The molecule has 0 bridgehead atoms. The third-order valence-corrected chi connectivity index (χ3v) is 5.28. The molecule has 2 N–H and O–H groups in total. The monoisotopic (exact) mass is 325 g/mol. The maximum atomic E-state index is 12.1. The summed E-state index contributed by atoms with van der Waals surface area (Å²) in [6.07, 6.45) is 1.34. The van der Waals surface area contributed by atoms with Crippen LogP contribution < -0.4 is 4.72 Å². The summed E-state index contributed by atoms with van der Waals surface area (Å²) in [6.45, 7) is 2.25. The van der Waals surface area contributed by atoms with Crippen molar-refractivity contribution >= 4 is 33.2 Å². The molecule has 0 aliphatic carbocycles. The van der Waals surface area contributed by atoms with Gasteiger partial charge in [0.2, 0.25) is 10.0 Å². The average molecular weight is 326 g/mol. The lowest BCUT2D eigenvalue weighted by Gasteiger charge is -2.15. The molecular formula is C12H17Cl2NO3S. The van der Waals surface area contributed by atoms with E-state index in [1.54, 1.807) is 0 Å². The highest BCUT2D eigenvalue weighted by Crippen LogP contribution is 2.28. The molecule has 0 aliphatic heterocycles. The summed E-state index contributed by atoms with van der Waals surface area (Å²) in [5.74, 6) is 0.0951. The number of aliphatic hydroxyl groups excluding tert-OH is 1. The number of aliphatic hydroxyl groups is 1. The van der Waals surface area contributed by atoms with Crippen LogP contribution in [-0.4, -0.2) is 26.7 Å². The lowest BCUT2D eigenvalue weighted by molar-refractivity contribution is 0.254. The van der Waals surface area contributed by atoms with E-state index in [0.29, 0.717) is 6.42 Å². The van der Waals surface area contributed by atoms with Crippen LogP contribution in [0.1, 0.15) is 19.8 Å². The number of benzene rings is 1. The van der Waals surface area contributed by atoms with E-state index in [-0.39, 0.29) is 34.0 Å². The number of nitrogens with one attached hydrogen (secondary N) is 1. The van der Waals surface area contributed by atoms with E-state index in [0.717, 1.165) is 6.42 Å². The maximum Gasteiger partial charge on any atom is 0.242 e. The van der Waals surface area contributed by atoms with Gasteiger partial charge in [-0.25, -0.2) is 13.1 Å². The molecule has 0 heterocycles. The number of hydrogen-bond donors (Lipinski definition) is 2. The second kappa shape index (κ2) is 7.45. The summed E-state index contributed by atoms with van der Waals surface area (Å²) in [7, 11) is -3.68. The van der Waals surface area contributed by atoms with Gasteiger partial charge >= 0.3 is 0 Å². The number of rotatable bonds is 7. The van der Waals surface area contributed by atoms with Crippen molar-refractivity contribution in [3.05, 3.63) is 28.2 Å². The van der Waals surface area contributed by atoms with Crippen LogP contribution in [0.4, 0.5) is 0 Å². The summed E-state index contributed by atoms with van der Waals surface area (Å²) < 4.78 is 26.7. The van der Waals surface area contributed by atoms with Gasteiger partial charge in [-0.15, -0.1) is 0 Å². The molecule has 7 heteroatoms. The fourth-order valence-electron chi connectivity index (χ4n) is 1.63. The molecule has 1 atom stereocenters. The first kappa shape index (κ1) is 16.7. The summed E-state index contributed by atoms with van der Waals surface area (Å²) in [4.78, 5) is -0.0273. The second-order valence-corrected chi connectivity index (χ2v) is 6.71. The molecule has 1 aromatic carbocycles. The van der Waals surface area contributed by atoms with Gasteiger partial charge in [0.15, 0.2) is 0 Å².